The Morgan fingerprint density at radius 3 is 3.04 bits per heavy atom. The molecule has 26 heavy (non-hydrogen) atoms. The van der Waals surface area contributed by atoms with E-state index in [-0.39, 0.29) is 11.7 Å². The molecule has 6 nitrogen and oxygen atoms in total. The molecule has 4 aromatic rings. The highest BCUT2D eigenvalue weighted by atomic mass is 32.2. The molecule has 0 atom stereocenters. The molecule has 0 aliphatic carbocycles. The van der Waals surface area contributed by atoms with Crippen LogP contribution in [0.1, 0.15) is 4.88 Å². The molecular weight excluding hydrogens is 368 g/mol. The number of carbonyl (C=O) groups is 1. The summed E-state index contributed by atoms with van der Waals surface area (Å²) in [6.07, 6.45) is 2.70. The van der Waals surface area contributed by atoms with E-state index in [9.17, 15) is 4.79 Å². The maximum Gasteiger partial charge on any atom is 0.277 e. The van der Waals surface area contributed by atoms with Crippen molar-refractivity contribution in [1.82, 2.24) is 20.5 Å². The number of thiophene rings is 1. The maximum absolute atomic E-state index is 11.9. The summed E-state index contributed by atoms with van der Waals surface area (Å²) in [5, 5.41) is 14.5. The van der Waals surface area contributed by atoms with Gasteiger partial charge in [-0.2, -0.15) is 0 Å². The van der Waals surface area contributed by atoms with Gasteiger partial charge in [0.25, 0.3) is 11.1 Å². The first-order valence-corrected chi connectivity index (χ1v) is 9.98. The normalized spacial score (nSPS) is 11.1. The first-order chi connectivity index (χ1) is 12.8. The highest BCUT2D eigenvalue weighted by Crippen LogP contribution is 2.29. The number of thioether (sulfide) groups is 1. The summed E-state index contributed by atoms with van der Waals surface area (Å²) in [6.45, 7) is 0.629. The predicted molar refractivity (Wildman–Crippen MR) is 103 cm³/mol. The van der Waals surface area contributed by atoms with E-state index in [1.165, 1.54) is 16.6 Å². The van der Waals surface area contributed by atoms with Gasteiger partial charge in [-0.15, -0.1) is 21.5 Å². The maximum atomic E-state index is 11.9. The van der Waals surface area contributed by atoms with Crippen LogP contribution in [0.15, 0.2) is 57.6 Å². The predicted octanol–water partition coefficient (Wildman–Crippen LogP) is 3.73. The van der Waals surface area contributed by atoms with E-state index < -0.39 is 0 Å². The highest BCUT2D eigenvalue weighted by molar-refractivity contribution is 7.99. The third kappa shape index (κ3) is 3.81. The van der Waals surface area contributed by atoms with Gasteiger partial charge in [0.2, 0.25) is 5.91 Å². The number of H-pyrrole nitrogens is 1. The Kier molecular flexibility index (Phi) is 5.03. The minimum atomic E-state index is -0.0431. The molecule has 0 aliphatic rings. The number of aromatic nitrogens is 3. The summed E-state index contributed by atoms with van der Waals surface area (Å²) in [5.74, 6) is 0.654. The Labute approximate surface area is 158 Å². The number of fused-ring (bicyclic) bond motifs is 1. The van der Waals surface area contributed by atoms with Gasteiger partial charge in [-0.3, -0.25) is 4.79 Å². The van der Waals surface area contributed by atoms with E-state index in [1.807, 2.05) is 41.9 Å². The molecule has 1 amide bonds. The van der Waals surface area contributed by atoms with Crippen molar-refractivity contribution in [3.05, 3.63) is 52.9 Å². The van der Waals surface area contributed by atoms with Crippen LogP contribution in [-0.4, -0.2) is 33.4 Å². The molecule has 4 rings (SSSR count). The first kappa shape index (κ1) is 16.9. The largest absolute Gasteiger partial charge is 0.411 e. The number of amides is 1. The van der Waals surface area contributed by atoms with E-state index >= 15 is 0 Å². The van der Waals surface area contributed by atoms with Crippen LogP contribution < -0.4 is 5.32 Å². The number of carbonyl (C=O) groups excluding carboxylic acids is 1. The SMILES string of the molecule is O=C(CSc1nnc(-c2c[nH]c3ccccc23)o1)NCCc1cccs1. The first-order valence-electron chi connectivity index (χ1n) is 8.11. The number of hydrogen-bond acceptors (Lipinski definition) is 6. The second-order valence-electron chi connectivity index (χ2n) is 5.59. The lowest BCUT2D eigenvalue weighted by Gasteiger charge is -2.02. The van der Waals surface area contributed by atoms with Crippen LogP contribution in [-0.2, 0) is 11.2 Å². The van der Waals surface area contributed by atoms with Gasteiger partial charge >= 0.3 is 0 Å². The smallest absolute Gasteiger partial charge is 0.277 e. The highest BCUT2D eigenvalue weighted by Gasteiger charge is 2.14. The van der Waals surface area contributed by atoms with Crippen molar-refractivity contribution in [3.63, 3.8) is 0 Å². The summed E-state index contributed by atoms with van der Waals surface area (Å²) in [6, 6.07) is 12.0. The summed E-state index contributed by atoms with van der Waals surface area (Å²) in [4.78, 5) is 16.4. The lowest BCUT2D eigenvalue weighted by molar-refractivity contribution is -0.118. The molecule has 0 saturated heterocycles. The van der Waals surface area contributed by atoms with Crippen LogP contribution in [0.2, 0.25) is 0 Å². The van der Waals surface area contributed by atoms with Crippen LogP contribution >= 0.6 is 23.1 Å². The molecule has 0 fully saturated rings. The quantitative estimate of drug-likeness (QED) is 0.474. The van der Waals surface area contributed by atoms with Gasteiger partial charge in [0, 0.05) is 28.5 Å². The Morgan fingerprint density at radius 1 is 1.23 bits per heavy atom. The van der Waals surface area contributed by atoms with Crippen LogP contribution in [0.25, 0.3) is 22.4 Å². The van der Waals surface area contributed by atoms with Crippen molar-refractivity contribution in [1.29, 1.82) is 0 Å². The Morgan fingerprint density at radius 2 is 2.15 bits per heavy atom. The summed E-state index contributed by atoms with van der Waals surface area (Å²) >= 11 is 2.93. The fraction of sp³-hybridized carbons (Fsp3) is 0.167. The van der Waals surface area contributed by atoms with Gasteiger partial charge in [0.15, 0.2) is 0 Å². The average molecular weight is 384 g/mol. The minimum absolute atomic E-state index is 0.0431. The average Bonchev–Trinajstić information content (AvgIpc) is 3.40. The van der Waals surface area contributed by atoms with Crippen LogP contribution in [0.5, 0.6) is 0 Å². The molecule has 0 spiro atoms. The van der Waals surface area contributed by atoms with E-state index in [4.69, 9.17) is 4.42 Å². The Bertz CT molecular complexity index is 1010. The third-order valence-electron chi connectivity index (χ3n) is 3.83. The lowest BCUT2D eigenvalue weighted by Crippen LogP contribution is -2.27. The molecule has 0 aliphatic heterocycles. The van der Waals surface area contributed by atoms with Crippen molar-refractivity contribution in [3.8, 4) is 11.5 Å². The van der Waals surface area contributed by atoms with Crippen molar-refractivity contribution in [2.75, 3.05) is 12.3 Å². The van der Waals surface area contributed by atoms with Crippen molar-refractivity contribution < 1.29 is 9.21 Å². The van der Waals surface area contributed by atoms with Gasteiger partial charge in [-0.05, 0) is 23.9 Å². The zero-order valence-electron chi connectivity index (χ0n) is 13.8. The van der Waals surface area contributed by atoms with Gasteiger partial charge in [-0.25, -0.2) is 0 Å². The number of aromatic amines is 1. The van der Waals surface area contributed by atoms with Crippen molar-refractivity contribution >= 4 is 39.9 Å². The Hall–Kier alpha value is -2.58. The third-order valence-corrected chi connectivity index (χ3v) is 5.58. The number of benzene rings is 1. The number of nitrogens with one attached hydrogen (secondary N) is 2. The molecule has 2 N–H and O–H groups in total. The van der Waals surface area contributed by atoms with Crippen LogP contribution in [0, 0.1) is 0 Å². The molecule has 0 radical (unpaired) electrons. The van der Waals surface area contributed by atoms with Gasteiger partial charge in [0.1, 0.15) is 0 Å². The number of nitrogens with zero attached hydrogens (tertiary/aromatic N) is 2. The molecule has 0 saturated carbocycles. The van der Waals surface area contributed by atoms with E-state index in [0.717, 1.165) is 22.9 Å². The van der Waals surface area contributed by atoms with E-state index in [1.54, 1.807) is 11.3 Å². The lowest BCUT2D eigenvalue weighted by atomic mass is 10.2. The zero-order valence-corrected chi connectivity index (χ0v) is 15.4. The molecule has 0 unspecified atom stereocenters. The standard InChI is InChI=1S/C18H16N4O2S2/c23-16(19-8-7-12-4-3-9-25-12)11-26-18-22-21-17(24-18)14-10-20-15-6-2-1-5-13(14)15/h1-6,9-10,20H,7-8,11H2,(H,19,23). The molecule has 0 bridgehead atoms. The summed E-state index contributed by atoms with van der Waals surface area (Å²) < 4.78 is 5.69. The summed E-state index contributed by atoms with van der Waals surface area (Å²) in [7, 11) is 0. The molecule has 3 aromatic heterocycles. The molecule has 8 heteroatoms. The minimum Gasteiger partial charge on any atom is -0.411 e. The van der Waals surface area contributed by atoms with E-state index in [0.29, 0.717) is 17.7 Å². The van der Waals surface area contributed by atoms with Gasteiger partial charge in [-0.1, -0.05) is 36.0 Å². The fourth-order valence-corrected chi connectivity index (χ4v) is 3.89. The molecule has 1 aromatic carbocycles. The Balaban J connectivity index is 1.31. The zero-order chi connectivity index (χ0) is 17.8. The monoisotopic (exact) mass is 384 g/mol. The molecular formula is C18H16N4O2S2. The topological polar surface area (TPSA) is 83.8 Å². The van der Waals surface area contributed by atoms with Gasteiger partial charge in [0.05, 0.1) is 11.3 Å². The summed E-state index contributed by atoms with van der Waals surface area (Å²) in [5.41, 5.74) is 1.88. The van der Waals surface area contributed by atoms with E-state index in [2.05, 4.69) is 26.6 Å². The van der Waals surface area contributed by atoms with Crippen LogP contribution in [0.4, 0.5) is 0 Å². The molecule has 3 heterocycles. The number of para-hydroxylation sites is 1. The number of hydrogen-bond donors (Lipinski definition) is 2. The second-order valence-corrected chi connectivity index (χ2v) is 7.55. The van der Waals surface area contributed by atoms with Gasteiger partial charge < -0.3 is 14.7 Å². The van der Waals surface area contributed by atoms with Crippen LogP contribution in [0.3, 0.4) is 0 Å². The molecule has 132 valence electrons. The van der Waals surface area contributed by atoms with Crippen molar-refractivity contribution in [2.45, 2.75) is 11.6 Å². The number of rotatable bonds is 7. The van der Waals surface area contributed by atoms with Crippen molar-refractivity contribution in [2.24, 2.45) is 0 Å². The second kappa shape index (κ2) is 7.76. The fourth-order valence-electron chi connectivity index (χ4n) is 2.58.